The molecule has 2 aromatic rings. The Bertz CT molecular complexity index is 484. The molecule has 0 aliphatic rings. The maximum absolute atomic E-state index is 8.55. The van der Waals surface area contributed by atoms with E-state index in [4.69, 9.17) is 5.26 Å². The van der Waals surface area contributed by atoms with Gasteiger partial charge in [-0.15, -0.1) is 0 Å². The number of H-pyrrole nitrogens is 1. The standard InChI is InChI=1S/C9H5BrN2S/c10-6-1-2-8-7(3-6)9(4-12-8)13-5-11/h1-4,12H. The number of thiocyanates is 1. The van der Waals surface area contributed by atoms with Crippen molar-refractivity contribution in [3.05, 3.63) is 28.9 Å². The van der Waals surface area contributed by atoms with Gasteiger partial charge in [0.05, 0.1) is 0 Å². The lowest BCUT2D eigenvalue weighted by atomic mass is 10.2. The summed E-state index contributed by atoms with van der Waals surface area (Å²) < 4.78 is 1.03. The molecule has 0 aliphatic heterocycles. The van der Waals surface area contributed by atoms with Crippen molar-refractivity contribution in [3.63, 3.8) is 0 Å². The first-order valence-corrected chi connectivity index (χ1v) is 5.25. The Hall–Kier alpha value is -0.920. The summed E-state index contributed by atoms with van der Waals surface area (Å²) >= 11 is 4.57. The number of aromatic amines is 1. The number of thioether (sulfide) groups is 1. The number of nitrogens with one attached hydrogen (secondary N) is 1. The van der Waals surface area contributed by atoms with Gasteiger partial charge in [0.1, 0.15) is 5.40 Å². The molecular weight excluding hydrogens is 248 g/mol. The van der Waals surface area contributed by atoms with Crippen molar-refractivity contribution in [1.82, 2.24) is 4.98 Å². The molecule has 64 valence electrons. The SMILES string of the molecule is N#CSc1c[nH]c2ccc(Br)cc12. The van der Waals surface area contributed by atoms with Gasteiger partial charge in [-0.3, -0.25) is 0 Å². The zero-order valence-corrected chi connectivity index (χ0v) is 8.95. The molecule has 2 nitrogen and oxygen atoms in total. The third-order valence-corrected chi connectivity index (χ3v) is 2.90. The molecule has 0 atom stereocenters. The van der Waals surface area contributed by atoms with Crippen LogP contribution in [-0.2, 0) is 0 Å². The molecule has 0 spiro atoms. The van der Waals surface area contributed by atoms with Crippen LogP contribution in [0.25, 0.3) is 10.9 Å². The van der Waals surface area contributed by atoms with Crippen molar-refractivity contribution in [3.8, 4) is 5.40 Å². The first-order chi connectivity index (χ1) is 6.31. The van der Waals surface area contributed by atoms with E-state index >= 15 is 0 Å². The molecule has 2 rings (SSSR count). The zero-order valence-electron chi connectivity index (χ0n) is 6.54. The quantitative estimate of drug-likeness (QED) is 0.624. The maximum atomic E-state index is 8.55. The van der Waals surface area contributed by atoms with E-state index in [1.54, 1.807) is 0 Å². The molecule has 0 unspecified atom stereocenters. The number of benzene rings is 1. The second kappa shape index (κ2) is 3.44. The third-order valence-electron chi connectivity index (χ3n) is 1.76. The summed E-state index contributed by atoms with van der Waals surface area (Å²) in [6, 6.07) is 5.96. The van der Waals surface area contributed by atoms with Crippen LogP contribution in [0.5, 0.6) is 0 Å². The van der Waals surface area contributed by atoms with Crippen molar-refractivity contribution in [1.29, 1.82) is 5.26 Å². The second-order valence-electron chi connectivity index (χ2n) is 2.54. The van der Waals surface area contributed by atoms with Gasteiger partial charge >= 0.3 is 0 Å². The van der Waals surface area contributed by atoms with E-state index in [9.17, 15) is 0 Å². The highest BCUT2D eigenvalue weighted by molar-refractivity contribution is 9.10. The van der Waals surface area contributed by atoms with E-state index in [2.05, 4.69) is 26.3 Å². The van der Waals surface area contributed by atoms with Gasteiger partial charge in [-0.1, -0.05) is 15.9 Å². The van der Waals surface area contributed by atoms with Gasteiger partial charge in [0.15, 0.2) is 0 Å². The molecule has 0 saturated heterocycles. The van der Waals surface area contributed by atoms with Crippen molar-refractivity contribution < 1.29 is 0 Å². The minimum atomic E-state index is 0.971. The fraction of sp³-hybridized carbons (Fsp3) is 0. The predicted octanol–water partition coefficient (Wildman–Crippen LogP) is 3.50. The van der Waals surface area contributed by atoms with Gasteiger partial charge in [-0.2, -0.15) is 5.26 Å². The van der Waals surface area contributed by atoms with E-state index in [0.717, 1.165) is 20.3 Å². The third kappa shape index (κ3) is 1.58. The van der Waals surface area contributed by atoms with Crippen molar-refractivity contribution in [2.45, 2.75) is 4.90 Å². The van der Waals surface area contributed by atoms with Crippen LogP contribution in [0.3, 0.4) is 0 Å². The molecule has 0 aliphatic carbocycles. The van der Waals surface area contributed by atoms with Crippen molar-refractivity contribution in [2.24, 2.45) is 0 Å². The highest BCUT2D eigenvalue weighted by Crippen LogP contribution is 2.29. The first-order valence-electron chi connectivity index (χ1n) is 3.64. The number of aromatic nitrogens is 1. The highest BCUT2D eigenvalue weighted by atomic mass is 79.9. The topological polar surface area (TPSA) is 39.6 Å². The van der Waals surface area contributed by atoms with E-state index in [-0.39, 0.29) is 0 Å². The summed E-state index contributed by atoms with van der Waals surface area (Å²) in [5.41, 5.74) is 1.06. The summed E-state index contributed by atoms with van der Waals surface area (Å²) in [5, 5.41) is 11.7. The molecule has 0 radical (unpaired) electrons. The number of halogens is 1. The van der Waals surface area contributed by atoms with E-state index in [0.29, 0.717) is 0 Å². The fourth-order valence-corrected chi connectivity index (χ4v) is 2.06. The Kier molecular flexibility index (Phi) is 2.30. The van der Waals surface area contributed by atoms with Gasteiger partial charge in [0.2, 0.25) is 0 Å². The van der Waals surface area contributed by atoms with Crippen LogP contribution >= 0.6 is 27.7 Å². The van der Waals surface area contributed by atoms with E-state index in [1.165, 1.54) is 11.8 Å². The van der Waals surface area contributed by atoms with E-state index in [1.807, 2.05) is 24.4 Å². The molecule has 0 bridgehead atoms. The lowest BCUT2D eigenvalue weighted by Gasteiger charge is -1.92. The Morgan fingerprint density at radius 2 is 2.31 bits per heavy atom. The van der Waals surface area contributed by atoms with Crippen LogP contribution in [0.15, 0.2) is 33.8 Å². The molecule has 1 aromatic heterocycles. The van der Waals surface area contributed by atoms with Crippen molar-refractivity contribution in [2.75, 3.05) is 0 Å². The Labute approximate surface area is 88.1 Å². The number of fused-ring (bicyclic) bond motifs is 1. The number of rotatable bonds is 1. The number of nitriles is 1. The molecule has 0 amide bonds. The number of hydrogen-bond donors (Lipinski definition) is 1. The molecule has 1 aromatic carbocycles. The van der Waals surface area contributed by atoms with Gasteiger partial charge in [0, 0.05) is 26.5 Å². The van der Waals surface area contributed by atoms with Gasteiger partial charge < -0.3 is 4.98 Å². The molecule has 4 heteroatoms. The summed E-state index contributed by atoms with van der Waals surface area (Å²) in [6.07, 6.45) is 1.85. The van der Waals surface area contributed by atoms with Gasteiger partial charge in [-0.25, -0.2) is 0 Å². The number of nitrogens with zero attached hydrogens (tertiary/aromatic N) is 1. The monoisotopic (exact) mass is 252 g/mol. The summed E-state index contributed by atoms with van der Waals surface area (Å²) in [5.74, 6) is 0. The lowest BCUT2D eigenvalue weighted by molar-refractivity contribution is 1.42. The Balaban J connectivity index is 2.66. The van der Waals surface area contributed by atoms with Crippen LogP contribution in [0, 0.1) is 10.7 Å². The largest absolute Gasteiger partial charge is 0.360 e. The lowest BCUT2D eigenvalue weighted by Crippen LogP contribution is -1.68. The van der Waals surface area contributed by atoms with E-state index < -0.39 is 0 Å². The zero-order chi connectivity index (χ0) is 9.26. The van der Waals surface area contributed by atoms with Gasteiger partial charge in [-0.05, 0) is 30.0 Å². The smallest absolute Gasteiger partial charge is 0.138 e. The fourth-order valence-electron chi connectivity index (χ4n) is 1.20. The Morgan fingerprint density at radius 1 is 1.46 bits per heavy atom. The molecule has 1 heterocycles. The minimum absolute atomic E-state index is 0.971. The average Bonchev–Trinajstić information content (AvgIpc) is 2.49. The maximum Gasteiger partial charge on any atom is 0.138 e. The predicted molar refractivity (Wildman–Crippen MR) is 57.5 cm³/mol. The van der Waals surface area contributed by atoms with Crippen LogP contribution in [-0.4, -0.2) is 4.98 Å². The number of hydrogen-bond acceptors (Lipinski definition) is 2. The molecule has 13 heavy (non-hydrogen) atoms. The molecule has 0 saturated carbocycles. The highest BCUT2D eigenvalue weighted by Gasteiger charge is 2.03. The Morgan fingerprint density at radius 3 is 3.08 bits per heavy atom. The van der Waals surface area contributed by atoms with Crippen LogP contribution in [0.1, 0.15) is 0 Å². The van der Waals surface area contributed by atoms with Gasteiger partial charge in [0.25, 0.3) is 0 Å². The van der Waals surface area contributed by atoms with Crippen LogP contribution in [0.4, 0.5) is 0 Å². The first kappa shape index (κ1) is 8.67. The molecule has 0 fully saturated rings. The summed E-state index contributed by atoms with van der Waals surface area (Å²) in [4.78, 5) is 4.08. The average molecular weight is 253 g/mol. The van der Waals surface area contributed by atoms with Crippen LogP contribution in [0.2, 0.25) is 0 Å². The summed E-state index contributed by atoms with van der Waals surface area (Å²) in [6.45, 7) is 0. The van der Waals surface area contributed by atoms with Crippen molar-refractivity contribution >= 4 is 38.6 Å². The van der Waals surface area contributed by atoms with Crippen LogP contribution < -0.4 is 0 Å². The minimum Gasteiger partial charge on any atom is -0.360 e. The second-order valence-corrected chi connectivity index (χ2v) is 4.28. The normalized spacial score (nSPS) is 10.2. The molecular formula is C9H5BrN2S. The summed E-state index contributed by atoms with van der Waals surface area (Å²) in [7, 11) is 0. The molecule has 1 N–H and O–H groups in total.